The van der Waals surface area contributed by atoms with Gasteiger partial charge in [0.05, 0.1) is 25.3 Å². The summed E-state index contributed by atoms with van der Waals surface area (Å²) in [5, 5.41) is 3.20. The Hall–Kier alpha value is -1.05. The summed E-state index contributed by atoms with van der Waals surface area (Å²) in [6.45, 7) is 6.58. The minimum Gasteiger partial charge on any atom is -0.378 e. The number of nitrogens with zero attached hydrogens (tertiary/aromatic N) is 1. The third-order valence-electron chi connectivity index (χ3n) is 2.92. The molecule has 1 saturated heterocycles. The minimum absolute atomic E-state index is 0.0139. The van der Waals surface area contributed by atoms with Gasteiger partial charge >= 0.3 is 0 Å². The van der Waals surface area contributed by atoms with Crippen LogP contribution in [0.2, 0.25) is 0 Å². The van der Waals surface area contributed by atoms with Crippen LogP contribution >= 0.6 is 0 Å². The van der Waals surface area contributed by atoms with Gasteiger partial charge < -0.3 is 9.64 Å². The number of hydrogen-bond donors (Lipinski definition) is 1. The van der Waals surface area contributed by atoms with E-state index in [9.17, 15) is 4.79 Å². The van der Waals surface area contributed by atoms with Gasteiger partial charge in [0.1, 0.15) is 0 Å². The molecule has 2 atom stereocenters. The standard InChI is InChI=1S/C13H22N2O2/c1-4-6-12(5-2)14-11(3)13(16)15-7-9-17-10-8-15/h2,11-12,14H,4,6-10H2,1,3H3. The average molecular weight is 238 g/mol. The number of carbonyl (C=O) groups excluding carboxylic acids is 1. The van der Waals surface area contributed by atoms with Crippen LogP contribution in [0.3, 0.4) is 0 Å². The van der Waals surface area contributed by atoms with Crippen molar-refractivity contribution < 1.29 is 9.53 Å². The molecule has 0 radical (unpaired) electrons. The van der Waals surface area contributed by atoms with Gasteiger partial charge in [-0.2, -0.15) is 0 Å². The summed E-state index contributed by atoms with van der Waals surface area (Å²) in [4.78, 5) is 13.9. The fourth-order valence-corrected chi connectivity index (χ4v) is 1.93. The molecule has 2 unspecified atom stereocenters. The summed E-state index contributed by atoms with van der Waals surface area (Å²) in [5.74, 6) is 2.80. The lowest BCUT2D eigenvalue weighted by Gasteiger charge is -2.30. The molecule has 4 nitrogen and oxygen atoms in total. The highest BCUT2D eigenvalue weighted by atomic mass is 16.5. The van der Waals surface area contributed by atoms with Gasteiger partial charge in [0.25, 0.3) is 0 Å². The Morgan fingerprint density at radius 2 is 2.18 bits per heavy atom. The van der Waals surface area contributed by atoms with Crippen molar-refractivity contribution in [3.63, 3.8) is 0 Å². The predicted molar refractivity (Wildman–Crippen MR) is 67.5 cm³/mol. The summed E-state index contributed by atoms with van der Waals surface area (Å²) in [6, 6.07) is -0.235. The van der Waals surface area contributed by atoms with Crippen LogP contribution in [0.1, 0.15) is 26.7 Å². The summed E-state index contributed by atoms with van der Waals surface area (Å²) < 4.78 is 5.22. The van der Waals surface area contributed by atoms with Crippen LogP contribution in [0, 0.1) is 12.3 Å². The first-order chi connectivity index (χ1) is 8.19. The molecular weight excluding hydrogens is 216 g/mol. The third-order valence-corrected chi connectivity index (χ3v) is 2.92. The molecule has 1 aliphatic heterocycles. The van der Waals surface area contributed by atoms with Gasteiger partial charge in [-0.05, 0) is 13.3 Å². The Balaban J connectivity index is 2.42. The molecule has 96 valence electrons. The highest BCUT2D eigenvalue weighted by molar-refractivity contribution is 5.81. The van der Waals surface area contributed by atoms with Gasteiger partial charge in [-0.25, -0.2) is 0 Å². The summed E-state index contributed by atoms with van der Waals surface area (Å²) in [7, 11) is 0. The van der Waals surface area contributed by atoms with Crippen molar-refractivity contribution >= 4 is 5.91 Å². The fraction of sp³-hybridized carbons (Fsp3) is 0.769. The maximum atomic E-state index is 12.1. The van der Waals surface area contributed by atoms with E-state index in [-0.39, 0.29) is 18.0 Å². The van der Waals surface area contributed by atoms with Crippen molar-refractivity contribution in [1.82, 2.24) is 10.2 Å². The number of morpholine rings is 1. The zero-order chi connectivity index (χ0) is 12.7. The molecular formula is C13H22N2O2. The molecule has 1 fully saturated rings. The number of carbonyl (C=O) groups is 1. The van der Waals surface area contributed by atoms with Crippen molar-refractivity contribution in [3.05, 3.63) is 0 Å². The molecule has 1 amide bonds. The first-order valence-corrected chi connectivity index (χ1v) is 6.27. The molecule has 0 spiro atoms. The fourth-order valence-electron chi connectivity index (χ4n) is 1.93. The summed E-state index contributed by atoms with van der Waals surface area (Å²) >= 11 is 0. The van der Waals surface area contributed by atoms with Crippen molar-refractivity contribution in [2.75, 3.05) is 26.3 Å². The highest BCUT2D eigenvalue weighted by Crippen LogP contribution is 2.03. The van der Waals surface area contributed by atoms with Crippen LogP contribution in [0.5, 0.6) is 0 Å². The van der Waals surface area contributed by atoms with E-state index in [1.165, 1.54) is 0 Å². The van der Waals surface area contributed by atoms with Crippen LogP contribution < -0.4 is 5.32 Å². The molecule has 1 rings (SSSR count). The van der Waals surface area contributed by atoms with Crippen LogP contribution in [0.4, 0.5) is 0 Å². The van der Waals surface area contributed by atoms with E-state index in [1.807, 2.05) is 11.8 Å². The van der Waals surface area contributed by atoms with E-state index in [0.717, 1.165) is 12.8 Å². The quantitative estimate of drug-likeness (QED) is 0.714. The minimum atomic E-state index is -0.222. The lowest BCUT2D eigenvalue weighted by molar-refractivity contribution is -0.137. The predicted octanol–water partition coefficient (Wildman–Crippen LogP) is 0.625. The Morgan fingerprint density at radius 1 is 1.53 bits per heavy atom. The molecule has 0 aromatic heterocycles. The topological polar surface area (TPSA) is 41.6 Å². The van der Waals surface area contributed by atoms with E-state index in [2.05, 4.69) is 18.2 Å². The first kappa shape index (κ1) is 14.0. The first-order valence-electron chi connectivity index (χ1n) is 6.27. The molecule has 0 aromatic carbocycles. The second-order valence-corrected chi connectivity index (χ2v) is 4.33. The molecule has 0 aromatic rings. The average Bonchev–Trinajstić information content (AvgIpc) is 2.38. The van der Waals surface area contributed by atoms with Crippen LogP contribution in [0.15, 0.2) is 0 Å². The number of amides is 1. The maximum absolute atomic E-state index is 12.1. The number of hydrogen-bond acceptors (Lipinski definition) is 3. The number of terminal acetylenes is 1. The second-order valence-electron chi connectivity index (χ2n) is 4.33. The van der Waals surface area contributed by atoms with E-state index in [0.29, 0.717) is 26.3 Å². The number of nitrogens with one attached hydrogen (secondary N) is 1. The summed E-state index contributed by atoms with van der Waals surface area (Å²) in [6.07, 6.45) is 7.34. The summed E-state index contributed by atoms with van der Waals surface area (Å²) in [5.41, 5.74) is 0. The normalized spacial score (nSPS) is 19.5. The zero-order valence-electron chi connectivity index (χ0n) is 10.7. The van der Waals surface area contributed by atoms with Crippen molar-refractivity contribution in [1.29, 1.82) is 0 Å². The third kappa shape index (κ3) is 4.37. The molecule has 17 heavy (non-hydrogen) atoms. The number of ether oxygens (including phenoxy) is 1. The van der Waals surface area contributed by atoms with E-state index >= 15 is 0 Å². The van der Waals surface area contributed by atoms with Gasteiger partial charge in [0.15, 0.2) is 0 Å². The number of rotatable bonds is 5. The lowest BCUT2D eigenvalue weighted by Crippen LogP contribution is -2.51. The van der Waals surface area contributed by atoms with Gasteiger partial charge in [-0.3, -0.25) is 10.1 Å². The van der Waals surface area contributed by atoms with Crippen LogP contribution in [0.25, 0.3) is 0 Å². The van der Waals surface area contributed by atoms with E-state index < -0.39 is 0 Å². The maximum Gasteiger partial charge on any atom is 0.239 e. The molecule has 1 N–H and O–H groups in total. The van der Waals surface area contributed by atoms with Gasteiger partial charge in [0, 0.05) is 13.1 Å². The molecule has 0 aliphatic carbocycles. The van der Waals surface area contributed by atoms with Crippen LogP contribution in [-0.2, 0) is 9.53 Å². The monoisotopic (exact) mass is 238 g/mol. The second kappa shape index (κ2) is 7.31. The highest BCUT2D eigenvalue weighted by Gasteiger charge is 2.23. The smallest absolute Gasteiger partial charge is 0.239 e. The van der Waals surface area contributed by atoms with Crippen molar-refractivity contribution in [3.8, 4) is 12.3 Å². The lowest BCUT2D eigenvalue weighted by atomic mass is 10.1. The van der Waals surface area contributed by atoms with Gasteiger partial charge in [-0.15, -0.1) is 6.42 Å². The van der Waals surface area contributed by atoms with Crippen molar-refractivity contribution in [2.24, 2.45) is 0 Å². The molecule has 1 heterocycles. The van der Waals surface area contributed by atoms with Crippen LogP contribution in [-0.4, -0.2) is 49.2 Å². The molecule has 4 heteroatoms. The zero-order valence-corrected chi connectivity index (χ0v) is 10.7. The Bertz CT molecular complexity index is 280. The largest absolute Gasteiger partial charge is 0.378 e. The van der Waals surface area contributed by atoms with Gasteiger partial charge in [-0.1, -0.05) is 19.3 Å². The SMILES string of the molecule is C#CC(CCC)NC(C)C(=O)N1CCOCC1. The van der Waals surface area contributed by atoms with E-state index in [1.54, 1.807) is 0 Å². The Labute approximate surface area is 104 Å². The van der Waals surface area contributed by atoms with E-state index in [4.69, 9.17) is 11.2 Å². The molecule has 1 aliphatic rings. The van der Waals surface area contributed by atoms with Gasteiger partial charge in [0.2, 0.25) is 5.91 Å². The Kier molecular flexibility index (Phi) is 6.03. The Morgan fingerprint density at radius 3 is 2.71 bits per heavy atom. The van der Waals surface area contributed by atoms with Crippen molar-refractivity contribution in [2.45, 2.75) is 38.8 Å². The molecule has 0 saturated carbocycles. The molecule has 0 bridgehead atoms.